The first-order valence-corrected chi connectivity index (χ1v) is 4.05. The van der Waals surface area contributed by atoms with Gasteiger partial charge in [-0.2, -0.15) is 0 Å². The molecule has 9 heavy (non-hydrogen) atoms. The van der Waals surface area contributed by atoms with Crippen LogP contribution < -0.4 is 0 Å². The Hall–Kier alpha value is -0.160. The Bertz CT molecular complexity index is 99.1. The number of hydrogen-bond acceptors (Lipinski definition) is 1. The van der Waals surface area contributed by atoms with Gasteiger partial charge in [0.1, 0.15) is 5.80 Å². The molecule has 0 saturated heterocycles. The fourth-order valence-electron chi connectivity index (χ4n) is 0.633. The van der Waals surface area contributed by atoms with Crippen molar-refractivity contribution in [2.75, 3.05) is 0 Å². The molecule has 0 heterocycles. The average molecular weight is 145 g/mol. The summed E-state index contributed by atoms with van der Waals surface area (Å²) in [6.07, 6.45) is 4.12. The lowest BCUT2D eigenvalue weighted by molar-refractivity contribution is -0.112. The zero-order valence-electron chi connectivity index (χ0n) is 5.89. The van der Waals surface area contributed by atoms with Crippen LogP contribution in [0.4, 0.5) is 0 Å². The Kier molecular flexibility index (Phi) is 5.86. The Morgan fingerprint density at radius 2 is 2.22 bits per heavy atom. The van der Waals surface area contributed by atoms with E-state index in [0.717, 1.165) is 12.8 Å². The molecule has 0 aliphatic heterocycles. The van der Waals surface area contributed by atoms with Crippen LogP contribution in [0.1, 0.15) is 32.6 Å². The van der Waals surface area contributed by atoms with Crippen LogP contribution in [0.2, 0.25) is 0 Å². The second-order valence-corrected chi connectivity index (χ2v) is 2.42. The van der Waals surface area contributed by atoms with E-state index in [1.165, 1.54) is 12.8 Å². The summed E-state index contributed by atoms with van der Waals surface area (Å²) < 4.78 is 0. The molecular weight excluding hydrogens is 131 g/mol. The number of Topliss-reactive ketones (excluding diaryl/α,β-unsaturated/α-hetero) is 1. The van der Waals surface area contributed by atoms with Crippen LogP contribution in [0.5, 0.6) is 0 Å². The van der Waals surface area contributed by atoms with Crippen LogP contribution in [0.25, 0.3) is 0 Å². The Labute approximate surface area is 58.7 Å². The lowest BCUT2D eigenvalue weighted by atomic mass is 10.2. The number of rotatable bonds is 5. The van der Waals surface area contributed by atoms with Crippen LogP contribution in [0.3, 0.4) is 0 Å². The van der Waals surface area contributed by atoms with Crippen LogP contribution in [-0.4, -0.2) is 11.6 Å². The molecule has 0 saturated carbocycles. The van der Waals surface area contributed by atoms with Crippen molar-refractivity contribution in [2.45, 2.75) is 32.6 Å². The second-order valence-electron chi connectivity index (χ2n) is 2.09. The molecule has 0 aromatic heterocycles. The highest BCUT2D eigenvalue weighted by Crippen LogP contribution is 1.98. The SMILES string of the molecule is CCCCCC(=O)C=[PH2+]. The highest BCUT2D eigenvalue weighted by Gasteiger charge is 1.95. The number of ketones is 1. The van der Waals surface area contributed by atoms with Crippen molar-refractivity contribution in [1.29, 1.82) is 0 Å². The van der Waals surface area contributed by atoms with Crippen molar-refractivity contribution in [3.63, 3.8) is 0 Å². The van der Waals surface area contributed by atoms with E-state index in [9.17, 15) is 4.79 Å². The molecule has 0 radical (unpaired) electrons. The van der Waals surface area contributed by atoms with Gasteiger partial charge in [-0.3, -0.25) is 4.79 Å². The van der Waals surface area contributed by atoms with Gasteiger partial charge in [-0.05, 0) is 6.42 Å². The van der Waals surface area contributed by atoms with E-state index >= 15 is 0 Å². The van der Waals surface area contributed by atoms with Crippen molar-refractivity contribution in [1.82, 2.24) is 0 Å². The Balaban J connectivity index is 3.07. The maximum absolute atomic E-state index is 10.6. The van der Waals surface area contributed by atoms with Gasteiger partial charge in [0.2, 0.25) is 0 Å². The highest BCUT2D eigenvalue weighted by molar-refractivity contribution is 7.22. The molecule has 2 heteroatoms. The summed E-state index contributed by atoms with van der Waals surface area (Å²) >= 11 is 0. The van der Waals surface area contributed by atoms with Gasteiger partial charge in [0, 0.05) is 6.42 Å². The number of hydrogen-bond donors (Lipinski definition) is 0. The van der Waals surface area contributed by atoms with Gasteiger partial charge >= 0.3 is 0 Å². The molecule has 0 aliphatic carbocycles. The quantitative estimate of drug-likeness (QED) is 0.426. The third-order valence-electron chi connectivity index (χ3n) is 1.21. The molecule has 1 nitrogen and oxygen atoms in total. The molecule has 0 aliphatic rings. The van der Waals surface area contributed by atoms with Gasteiger partial charge < -0.3 is 0 Å². The fraction of sp³-hybridized carbons (Fsp3) is 0.714. The average Bonchev–Trinajstić information content (AvgIpc) is 1.89. The molecule has 0 amide bonds. The molecule has 0 aromatic carbocycles. The minimum absolute atomic E-state index is 0.244. The molecule has 0 rings (SSSR count). The van der Waals surface area contributed by atoms with Gasteiger partial charge in [0.25, 0.3) is 0 Å². The van der Waals surface area contributed by atoms with Crippen molar-refractivity contribution in [3.05, 3.63) is 0 Å². The van der Waals surface area contributed by atoms with Crippen LogP contribution in [0.15, 0.2) is 0 Å². The van der Waals surface area contributed by atoms with Gasteiger partial charge in [-0.25, -0.2) is 0 Å². The summed E-state index contributed by atoms with van der Waals surface area (Å²) in [7, 11) is 2.33. The maximum atomic E-state index is 10.6. The Morgan fingerprint density at radius 3 is 2.67 bits per heavy atom. The number of carbonyl (C=O) groups excluding carboxylic acids is 1. The standard InChI is InChI=1S/C7H13OP/c1-2-3-4-5-7(8)6-9/h6,9H,2-5H2,1H3/p+1. The molecule has 1 unspecified atom stereocenters. The van der Waals surface area contributed by atoms with Crippen molar-refractivity contribution in [2.24, 2.45) is 0 Å². The van der Waals surface area contributed by atoms with Crippen molar-refractivity contribution < 1.29 is 4.79 Å². The normalized spacial score (nSPS) is 9.00. The van der Waals surface area contributed by atoms with E-state index in [1.54, 1.807) is 5.80 Å². The van der Waals surface area contributed by atoms with Crippen molar-refractivity contribution in [3.8, 4) is 0 Å². The summed E-state index contributed by atoms with van der Waals surface area (Å²) in [5.41, 5.74) is 0. The van der Waals surface area contributed by atoms with E-state index in [2.05, 4.69) is 15.8 Å². The van der Waals surface area contributed by atoms with Crippen LogP contribution in [0, 0.1) is 0 Å². The monoisotopic (exact) mass is 145 g/mol. The summed E-state index contributed by atoms with van der Waals surface area (Å²) in [4.78, 5) is 10.6. The molecule has 52 valence electrons. The van der Waals surface area contributed by atoms with Gasteiger partial charge in [-0.1, -0.05) is 19.8 Å². The second kappa shape index (κ2) is 5.97. The first kappa shape index (κ1) is 8.84. The molecule has 0 N–H and O–H groups in total. The fourth-order valence-corrected chi connectivity index (χ4v) is 0.799. The van der Waals surface area contributed by atoms with Crippen LogP contribution in [-0.2, 0) is 4.79 Å². The van der Waals surface area contributed by atoms with E-state index in [-0.39, 0.29) is 5.78 Å². The van der Waals surface area contributed by atoms with Gasteiger partial charge in [0.05, 0.1) is 8.86 Å². The van der Waals surface area contributed by atoms with E-state index < -0.39 is 0 Å². The molecule has 1 atom stereocenters. The highest BCUT2D eigenvalue weighted by atomic mass is 31.0. The largest absolute Gasteiger partial charge is 0.291 e. The number of carbonyl (C=O) groups is 1. The molecule has 0 spiro atoms. The first-order valence-electron chi connectivity index (χ1n) is 3.39. The lowest BCUT2D eigenvalue weighted by Gasteiger charge is -1.90. The molecular formula is C7H14OP+. The number of unbranched alkanes of at least 4 members (excludes halogenated alkanes) is 2. The molecule has 0 fully saturated rings. The van der Waals surface area contributed by atoms with E-state index in [1.807, 2.05) is 0 Å². The predicted molar refractivity (Wildman–Crippen MR) is 44.9 cm³/mol. The zero-order valence-corrected chi connectivity index (χ0v) is 7.05. The smallest absolute Gasteiger partial charge is 0.196 e. The summed E-state index contributed by atoms with van der Waals surface area (Å²) in [6.45, 7) is 2.13. The summed E-state index contributed by atoms with van der Waals surface area (Å²) in [5, 5.41) is 0. The topological polar surface area (TPSA) is 17.1 Å². The third-order valence-corrected chi connectivity index (χ3v) is 1.58. The summed E-state index contributed by atoms with van der Waals surface area (Å²) in [6, 6.07) is 0. The van der Waals surface area contributed by atoms with E-state index in [4.69, 9.17) is 0 Å². The zero-order chi connectivity index (χ0) is 7.11. The van der Waals surface area contributed by atoms with Gasteiger partial charge in [-0.15, -0.1) is 0 Å². The molecule has 0 bridgehead atoms. The minimum atomic E-state index is 0.244. The maximum Gasteiger partial charge on any atom is 0.196 e. The molecule has 0 aromatic rings. The minimum Gasteiger partial charge on any atom is -0.291 e. The van der Waals surface area contributed by atoms with Crippen LogP contribution >= 0.6 is 8.86 Å². The lowest BCUT2D eigenvalue weighted by Crippen LogP contribution is -1.95. The van der Waals surface area contributed by atoms with Crippen molar-refractivity contribution >= 4 is 20.4 Å². The Morgan fingerprint density at radius 1 is 1.56 bits per heavy atom. The third kappa shape index (κ3) is 5.72. The van der Waals surface area contributed by atoms with E-state index in [0.29, 0.717) is 0 Å². The van der Waals surface area contributed by atoms with Gasteiger partial charge in [0.15, 0.2) is 5.78 Å². The summed E-state index contributed by atoms with van der Waals surface area (Å²) in [5.74, 6) is 1.81. The first-order chi connectivity index (χ1) is 4.31. The predicted octanol–water partition coefficient (Wildman–Crippen LogP) is 1.81.